The summed E-state index contributed by atoms with van der Waals surface area (Å²) in [6.07, 6.45) is -2.48. The zero-order chi connectivity index (χ0) is 27.3. The highest BCUT2D eigenvalue weighted by Crippen LogP contribution is 2.32. The predicted octanol–water partition coefficient (Wildman–Crippen LogP) is 4.65. The van der Waals surface area contributed by atoms with E-state index in [0.29, 0.717) is 34.6 Å². The van der Waals surface area contributed by atoms with Crippen LogP contribution in [0.2, 0.25) is 5.02 Å². The van der Waals surface area contributed by atoms with Gasteiger partial charge in [0.1, 0.15) is 11.4 Å². The summed E-state index contributed by atoms with van der Waals surface area (Å²) in [4.78, 5) is 43.4. The van der Waals surface area contributed by atoms with Crippen LogP contribution in [0.4, 0.5) is 13.2 Å². The van der Waals surface area contributed by atoms with Gasteiger partial charge in [0, 0.05) is 23.3 Å². The molecule has 4 aromatic rings. The van der Waals surface area contributed by atoms with E-state index in [-0.39, 0.29) is 37.1 Å². The van der Waals surface area contributed by atoms with Crippen molar-refractivity contribution in [2.45, 2.75) is 32.2 Å². The monoisotopic (exact) mass is 547 g/mol. The molecule has 0 saturated carbocycles. The number of carbonyl (C=O) groups excluding carboxylic acids is 1. The van der Waals surface area contributed by atoms with E-state index in [1.54, 1.807) is 18.2 Å². The quantitative estimate of drug-likeness (QED) is 0.229. The molecule has 0 bridgehead atoms. The number of aryl methyl sites for hydroxylation is 2. The van der Waals surface area contributed by atoms with Crippen molar-refractivity contribution in [3.63, 3.8) is 0 Å². The molecule has 0 amide bonds. The number of ether oxygens (including phenoxy) is 2. The number of fused-ring (bicyclic) bond motifs is 1. The molecule has 2 aromatic carbocycles. The maximum absolute atomic E-state index is 13.5. The van der Waals surface area contributed by atoms with Crippen molar-refractivity contribution in [1.29, 1.82) is 0 Å². The maximum Gasteiger partial charge on any atom is 0.573 e. The summed E-state index contributed by atoms with van der Waals surface area (Å²) in [6.45, 7) is 0.268. The van der Waals surface area contributed by atoms with E-state index < -0.39 is 23.4 Å². The number of halogens is 4. The fourth-order valence-electron chi connectivity index (χ4n) is 4.12. The van der Waals surface area contributed by atoms with Gasteiger partial charge in [-0.15, -0.1) is 13.2 Å². The van der Waals surface area contributed by atoms with Crippen LogP contribution in [0.25, 0.3) is 22.2 Å². The van der Waals surface area contributed by atoms with Gasteiger partial charge in [-0.3, -0.25) is 19.1 Å². The van der Waals surface area contributed by atoms with Gasteiger partial charge in [0.25, 0.3) is 12.0 Å². The molecule has 0 aliphatic rings. The first-order valence-corrected chi connectivity index (χ1v) is 11.8. The Bertz CT molecular complexity index is 1570. The van der Waals surface area contributed by atoms with Gasteiger partial charge in [0.2, 0.25) is 0 Å². The van der Waals surface area contributed by atoms with Crippen LogP contribution in [0, 0.1) is 0 Å². The topological polar surface area (TPSA) is 103 Å². The van der Waals surface area contributed by atoms with Crippen molar-refractivity contribution >= 4 is 29.1 Å². The number of pyridine rings is 1. The summed E-state index contributed by atoms with van der Waals surface area (Å²) in [7, 11) is 0. The SMILES string of the molecule is O=COCCCn1c(=O)[nH]c2ncc(-c3cccc(OC(F)(F)F)c3)c(CCc3ccc(Cl)cc3)c2c1=O. The molecule has 1 N–H and O–H groups in total. The molecule has 2 heterocycles. The lowest BCUT2D eigenvalue weighted by Gasteiger charge is -2.15. The molecule has 8 nitrogen and oxygen atoms in total. The lowest BCUT2D eigenvalue weighted by molar-refractivity contribution is -0.274. The summed E-state index contributed by atoms with van der Waals surface area (Å²) in [5, 5.41) is 0.693. The minimum absolute atomic E-state index is 0.0150. The van der Waals surface area contributed by atoms with Crippen LogP contribution in [0.15, 0.2) is 64.3 Å². The van der Waals surface area contributed by atoms with Crippen molar-refractivity contribution < 1.29 is 27.4 Å². The number of carbonyl (C=O) groups is 1. The summed E-state index contributed by atoms with van der Waals surface area (Å²) in [5.74, 6) is -0.423. The van der Waals surface area contributed by atoms with E-state index in [2.05, 4.69) is 19.4 Å². The van der Waals surface area contributed by atoms with E-state index >= 15 is 0 Å². The number of H-pyrrole nitrogens is 1. The van der Waals surface area contributed by atoms with E-state index in [1.807, 2.05) is 12.1 Å². The van der Waals surface area contributed by atoms with Crippen molar-refractivity contribution in [3.8, 4) is 16.9 Å². The first-order chi connectivity index (χ1) is 18.2. The summed E-state index contributed by atoms with van der Waals surface area (Å²) in [5.41, 5.74) is 0.931. The number of aromatic nitrogens is 3. The van der Waals surface area contributed by atoms with Crippen LogP contribution < -0.4 is 16.0 Å². The van der Waals surface area contributed by atoms with Crippen LogP contribution in [0.5, 0.6) is 5.75 Å². The number of hydrogen-bond donors (Lipinski definition) is 1. The van der Waals surface area contributed by atoms with Crippen molar-refractivity contribution in [2.75, 3.05) is 6.61 Å². The Kier molecular flexibility index (Phi) is 8.16. The minimum atomic E-state index is -4.88. The molecular weight excluding hydrogens is 527 g/mol. The first-order valence-electron chi connectivity index (χ1n) is 11.5. The molecule has 0 spiro atoms. The van der Waals surface area contributed by atoms with Gasteiger partial charge in [-0.1, -0.05) is 35.9 Å². The Morgan fingerprint density at radius 1 is 1.08 bits per heavy atom. The van der Waals surface area contributed by atoms with Crippen molar-refractivity contribution in [3.05, 3.63) is 91.7 Å². The van der Waals surface area contributed by atoms with E-state index in [9.17, 15) is 27.6 Å². The average Bonchev–Trinajstić information content (AvgIpc) is 2.86. The molecule has 12 heteroatoms. The highest BCUT2D eigenvalue weighted by Gasteiger charge is 2.31. The Hall–Kier alpha value is -4.12. The van der Waals surface area contributed by atoms with Crippen LogP contribution in [0.3, 0.4) is 0 Å². The van der Waals surface area contributed by atoms with Crippen LogP contribution in [0.1, 0.15) is 17.5 Å². The maximum atomic E-state index is 13.5. The van der Waals surface area contributed by atoms with Gasteiger partial charge in [-0.2, -0.15) is 0 Å². The highest BCUT2D eigenvalue weighted by atomic mass is 35.5. The second kappa shape index (κ2) is 11.5. The molecule has 0 atom stereocenters. The van der Waals surface area contributed by atoms with Gasteiger partial charge in [0.15, 0.2) is 0 Å². The minimum Gasteiger partial charge on any atom is -0.468 e. The zero-order valence-corrected chi connectivity index (χ0v) is 20.5. The van der Waals surface area contributed by atoms with Crippen LogP contribution >= 0.6 is 11.6 Å². The Labute approximate surface area is 218 Å². The fourth-order valence-corrected chi connectivity index (χ4v) is 4.24. The number of alkyl halides is 3. The number of aromatic amines is 1. The van der Waals surface area contributed by atoms with E-state index in [0.717, 1.165) is 10.1 Å². The third kappa shape index (κ3) is 6.41. The third-order valence-corrected chi connectivity index (χ3v) is 6.04. The first kappa shape index (κ1) is 26.9. The molecule has 0 fully saturated rings. The molecular formula is C26H21ClF3N3O5. The number of benzene rings is 2. The van der Waals surface area contributed by atoms with Crippen LogP contribution in [-0.2, 0) is 28.9 Å². The van der Waals surface area contributed by atoms with Crippen molar-refractivity contribution in [2.24, 2.45) is 0 Å². The molecule has 4 rings (SSSR count). The fraction of sp³-hybridized carbons (Fsp3) is 0.231. The largest absolute Gasteiger partial charge is 0.573 e. The highest BCUT2D eigenvalue weighted by molar-refractivity contribution is 6.30. The van der Waals surface area contributed by atoms with Gasteiger partial charge < -0.3 is 9.47 Å². The Morgan fingerprint density at radius 3 is 2.55 bits per heavy atom. The lowest BCUT2D eigenvalue weighted by atomic mass is 9.94. The number of hydrogen-bond acceptors (Lipinski definition) is 6. The van der Waals surface area contributed by atoms with Crippen LogP contribution in [-0.4, -0.2) is 34.0 Å². The molecule has 0 aliphatic carbocycles. The number of nitrogens with one attached hydrogen (secondary N) is 1. The lowest BCUT2D eigenvalue weighted by Crippen LogP contribution is -2.36. The molecule has 0 unspecified atom stereocenters. The second-order valence-electron chi connectivity index (χ2n) is 8.28. The summed E-state index contributed by atoms with van der Waals surface area (Å²) in [6, 6.07) is 12.5. The number of nitrogens with zero attached hydrogens (tertiary/aromatic N) is 2. The van der Waals surface area contributed by atoms with E-state index in [1.165, 1.54) is 24.4 Å². The standard InChI is InChI=1S/C26H21ClF3N3O5/c27-18-8-5-16(6-9-18)7-10-20-21(17-3-1-4-19(13-17)38-26(28,29)30)14-31-23-22(20)24(35)33(25(36)32-23)11-2-12-37-15-34/h1,3-6,8-9,13-15H,2,7,10-12H2,(H,31,32,36). The summed E-state index contributed by atoms with van der Waals surface area (Å²) < 4.78 is 48.2. The van der Waals surface area contributed by atoms with Gasteiger partial charge in [0.05, 0.1) is 12.0 Å². The normalized spacial score (nSPS) is 11.5. The Balaban J connectivity index is 1.85. The van der Waals surface area contributed by atoms with Gasteiger partial charge in [-0.05, 0) is 60.2 Å². The predicted molar refractivity (Wildman–Crippen MR) is 134 cm³/mol. The Morgan fingerprint density at radius 2 is 1.84 bits per heavy atom. The molecule has 0 aliphatic heterocycles. The molecule has 198 valence electrons. The van der Waals surface area contributed by atoms with E-state index in [4.69, 9.17) is 11.6 Å². The van der Waals surface area contributed by atoms with Gasteiger partial charge in [-0.25, -0.2) is 9.78 Å². The molecule has 0 saturated heterocycles. The van der Waals surface area contributed by atoms with Gasteiger partial charge >= 0.3 is 12.1 Å². The zero-order valence-electron chi connectivity index (χ0n) is 19.8. The molecule has 0 radical (unpaired) electrons. The number of rotatable bonds is 10. The molecule has 38 heavy (non-hydrogen) atoms. The second-order valence-corrected chi connectivity index (χ2v) is 8.72. The average molecular weight is 548 g/mol. The molecule has 2 aromatic heterocycles. The van der Waals surface area contributed by atoms with Crippen molar-refractivity contribution in [1.82, 2.24) is 14.5 Å². The third-order valence-electron chi connectivity index (χ3n) is 5.78. The summed E-state index contributed by atoms with van der Waals surface area (Å²) >= 11 is 5.98. The smallest absolute Gasteiger partial charge is 0.468 e.